The molecule has 0 saturated carbocycles. The zero-order chi connectivity index (χ0) is 8.85. The van der Waals surface area contributed by atoms with Gasteiger partial charge >= 0.3 is 6.03 Å². The lowest BCUT2D eigenvalue weighted by atomic mass is 10.7. The van der Waals surface area contributed by atoms with E-state index in [1.165, 1.54) is 5.43 Å². The van der Waals surface area contributed by atoms with E-state index in [1.54, 1.807) is 0 Å². The number of alkyl halides is 2. The molecule has 0 aromatic heterocycles. The van der Waals surface area contributed by atoms with Gasteiger partial charge in [-0.25, -0.2) is 14.9 Å². The van der Waals surface area contributed by atoms with Crippen LogP contribution in [0.2, 0.25) is 0 Å². The fourth-order valence-corrected chi connectivity index (χ4v) is 0.447. The summed E-state index contributed by atoms with van der Waals surface area (Å²) in [4.78, 5) is 19.2. The van der Waals surface area contributed by atoms with Crippen LogP contribution in [0, 0.1) is 10.1 Å². The van der Waals surface area contributed by atoms with Crippen LogP contribution >= 0.6 is 23.2 Å². The minimum atomic E-state index is -0.979. The first-order valence-electron chi connectivity index (χ1n) is 2.49. The Balaban J connectivity index is 3.46. The molecular formula is C3H5Cl2N3O3. The van der Waals surface area contributed by atoms with Gasteiger partial charge in [-0.15, -0.1) is 23.2 Å². The molecule has 0 aliphatic rings. The Bertz CT molecular complexity index is 162. The van der Waals surface area contributed by atoms with Crippen LogP contribution in [0.5, 0.6) is 0 Å². The highest BCUT2D eigenvalue weighted by Crippen LogP contribution is 1.97. The Hall–Kier alpha value is -0.750. The number of nitrogens with one attached hydrogen (secondary N) is 2. The summed E-state index contributed by atoms with van der Waals surface area (Å²) >= 11 is 10.4. The van der Waals surface area contributed by atoms with E-state index in [0.29, 0.717) is 0 Å². The van der Waals surface area contributed by atoms with Crippen LogP contribution in [0.25, 0.3) is 0 Å². The number of nitro groups is 1. The quantitative estimate of drug-likeness (QED) is 0.391. The number of nitrogens with zero attached hydrogens (tertiary/aromatic N) is 1. The third-order valence-corrected chi connectivity index (χ3v) is 0.918. The van der Waals surface area contributed by atoms with Crippen molar-refractivity contribution in [1.82, 2.24) is 10.7 Å². The van der Waals surface area contributed by atoms with E-state index in [0.717, 1.165) is 0 Å². The molecule has 0 saturated heterocycles. The molecule has 6 nitrogen and oxygen atoms in total. The third kappa shape index (κ3) is 7.14. The summed E-state index contributed by atoms with van der Waals surface area (Å²) in [7, 11) is 0. The van der Waals surface area contributed by atoms with E-state index in [2.05, 4.69) is 5.32 Å². The Kier molecular flexibility index (Phi) is 4.64. The van der Waals surface area contributed by atoms with E-state index in [-0.39, 0.29) is 6.54 Å². The molecule has 0 fully saturated rings. The summed E-state index contributed by atoms with van der Waals surface area (Å²) in [6.07, 6.45) is 0. The van der Waals surface area contributed by atoms with Gasteiger partial charge in [-0.05, 0) is 0 Å². The standard InChI is InChI=1S/C3H5Cl2N3O3/c4-2(5)1-6-3(9)7-8(10)11/h2H,1H2,(H2,6,7,9). The van der Waals surface area contributed by atoms with E-state index in [1.807, 2.05) is 0 Å². The predicted octanol–water partition coefficient (Wildman–Crippen LogP) is 0.281. The molecule has 2 amide bonds. The summed E-state index contributed by atoms with van der Waals surface area (Å²) in [6, 6.07) is -0.943. The highest BCUT2D eigenvalue weighted by atomic mass is 35.5. The number of carbonyl (C=O) groups excluding carboxylic acids is 1. The Labute approximate surface area is 72.0 Å². The largest absolute Gasteiger partial charge is 0.372 e. The molecule has 0 rings (SSSR count). The number of halogens is 2. The van der Waals surface area contributed by atoms with Crippen LogP contribution < -0.4 is 10.7 Å². The summed E-state index contributed by atoms with van der Waals surface area (Å²) in [5.41, 5.74) is 1.35. The number of hydrogen-bond donors (Lipinski definition) is 2. The summed E-state index contributed by atoms with van der Waals surface area (Å²) in [6.45, 7) is -0.0389. The number of amides is 2. The van der Waals surface area contributed by atoms with Crippen molar-refractivity contribution in [1.29, 1.82) is 0 Å². The van der Waals surface area contributed by atoms with Crippen LogP contribution in [0.15, 0.2) is 0 Å². The molecule has 64 valence electrons. The Morgan fingerprint density at radius 1 is 1.64 bits per heavy atom. The van der Waals surface area contributed by atoms with Gasteiger partial charge in [-0.1, -0.05) is 5.43 Å². The van der Waals surface area contributed by atoms with Crippen molar-refractivity contribution in [3.8, 4) is 0 Å². The molecule has 0 radical (unpaired) electrons. The molecule has 0 unspecified atom stereocenters. The zero-order valence-electron chi connectivity index (χ0n) is 5.21. The van der Waals surface area contributed by atoms with Crippen LogP contribution in [-0.4, -0.2) is 22.4 Å². The van der Waals surface area contributed by atoms with Crippen molar-refractivity contribution >= 4 is 29.2 Å². The van der Waals surface area contributed by atoms with Crippen molar-refractivity contribution in [2.75, 3.05) is 6.54 Å². The second-order valence-corrected chi connectivity index (χ2v) is 2.75. The number of hydrazine groups is 1. The zero-order valence-corrected chi connectivity index (χ0v) is 6.72. The maximum Gasteiger partial charge on any atom is 0.372 e. The molecule has 0 aliphatic carbocycles. The SMILES string of the molecule is O=C(NCC(Cl)Cl)N[N+](=O)[O-]. The molecule has 0 aliphatic heterocycles. The molecule has 2 N–H and O–H groups in total. The van der Waals surface area contributed by atoms with Crippen molar-refractivity contribution in [2.45, 2.75) is 4.84 Å². The van der Waals surface area contributed by atoms with Gasteiger partial charge in [0.1, 0.15) is 4.84 Å². The highest BCUT2D eigenvalue weighted by molar-refractivity contribution is 6.44. The Morgan fingerprint density at radius 2 is 2.18 bits per heavy atom. The molecule has 0 aromatic carbocycles. The van der Waals surface area contributed by atoms with Gasteiger partial charge in [0.05, 0.1) is 0 Å². The first-order valence-corrected chi connectivity index (χ1v) is 3.36. The van der Waals surface area contributed by atoms with Gasteiger partial charge in [-0.2, -0.15) is 0 Å². The lowest BCUT2D eigenvalue weighted by molar-refractivity contribution is -0.527. The lowest BCUT2D eigenvalue weighted by Gasteiger charge is -2.01. The molecule has 0 heterocycles. The second-order valence-electron chi connectivity index (χ2n) is 1.47. The van der Waals surface area contributed by atoms with Crippen LogP contribution in [0.3, 0.4) is 0 Å². The van der Waals surface area contributed by atoms with Gasteiger partial charge in [0.15, 0.2) is 5.03 Å². The molecule has 0 atom stereocenters. The molecule has 11 heavy (non-hydrogen) atoms. The summed E-state index contributed by atoms with van der Waals surface area (Å²) < 4.78 is 0. The topological polar surface area (TPSA) is 84.3 Å². The molecular weight excluding hydrogens is 197 g/mol. The smallest absolute Gasteiger partial charge is 0.331 e. The van der Waals surface area contributed by atoms with Crippen molar-refractivity contribution in [3.05, 3.63) is 10.1 Å². The van der Waals surface area contributed by atoms with Gasteiger partial charge in [0.2, 0.25) is 0 Å². The van der Waals surface area contributed by atoms with Crippen molar-refractivity contribution < 1.29 is 9.83 Å². The van der Waals surface area contributed by atoms with Gasteiger partial charge in [-0.3, -0.25) is 0 Å². The Morgan fingerprint density at radius 3 is 2.55 bits per heavy atom. The summed E-state index contributed by atoms with van der Waals surface area (Å²) in [5, 5.41) is 10.7. The number of carbonyl (C=O) groups is 1. The fraction of sp³-hybridized carbons (Fsp3) is 0.667. The maximum atomic E-state index is 10.4. The molecule has 0 bridgehead atoms. The van der Waals surface area contributed by atoms with Gasteiger partial charge in [0, 0.05) is 6.54 Å². The van der Waals surface area contributed by atoms with Crippen molar-refractivity contribution in [3.63, 3.8) is 0 Å². The maximum absolute atomic E-state index is 10.4. The minimum absolute atomic E-state index is 0.0389. The van der Waals surface area contributed by atoms with Crippen molar-refractivity contribution in [2.24, 2.45) is 0 Å². The predicted molar refractivity (Wildman–Crippen MR) is 39.0 cm³/mol. The van der Waals surface area contributed by atoms with Crippen LogP contribution in [0.4, 0.5) is 4.79 Å². The van der Waals surface area contributed by atoms with Crippen LogP contribution in [0.1, 0.15) is 0 Å². The fourth-order valence-electron chi connectivity index (χ4n) is 0.292. The normalized spacial score (nSPS) is 9.36. The monoisotopic (exact) mass is 201 g/mol. The van der Waals surface area contributed by atoms with Crippen LogP contribution in [-0.2, 0) is 0 Å². The molecule has 0 spiro atoms. The van der Waals surface area contributed by atoms with E-state index in [9.17, 15) is 14.9 Å². The average molecular weight is 202 g/mol. The molecule has 0 aromatic rings. The third-order valence-electron chi connectivity index (χ3n) is 0.610. The van der Waals surface area contributed by atoms with E-state index in [4.69, 9.17) is 23.2 Å². The van der Waals surface area contributed by atoms with E-state index >= 15 is 0 Å². The number of hydrogen-bond acceptors (Lipinski definition) is 3. The summed E-state index contributed by atoms with van der Waals surface area (Å²) in [5.74, 6) is 0. The lowest BCUT2D eigenvalue weighted by Crippen LogP contribution is -2.40. The minimum Gasteiger partial charge on any atom is -0.331 e. The van der Waals surface area contributed by atoms with Gasteiger partial charge < -0.3 is 5.32 Å². The average Bonchev–Trinajstić information content (AvgIpc) is 1.82. The number of urea groups is 1. The first kappa shape index (κ1) is 10.2. The molecule has 8 heteroatoms. The van der Waals surface area contributed by atoms with E-state index < -0.39 is 15.9 Å². The number of rotatable bonds is 3. The second kappa shape index (κ2) is 4.97. The van der Waals surface area contributed by atoms with Gasteiger partial charge in [0.25, 0.3) is 0 Å². The first-order chi connectivity index (χ1) is 5.02. The highest BCUT2D eigenvalue weighted by Gasteiger charge is 2.07.